The zero-order chi connectivity index (χ0) is 4.00. The number of hydrogen-bond donors (Lipinski definition) is 1. The molecule has 0 aromatic rings. The van der Waals surface area contributed by atoms with Crippen molar-refractivity contribution in [2.75, 3.05) is 0 Å². The van der Waals surface area contributed by atoms with E-state index in [4.69, 9.17) is 0 Å². The minimum Gasteiger partial charge on any atom is -1.00 e. The summed E-state index contributed by atoms with van der Waals surface area (Å²) < 4.78 is 0. The summed E-state index contributed by atoms with van der Waals surface area (Å²) in [5.41, 5.74) is 0. The predicted molar refractivity (Wildman–Crippen MR) is 57.7 cm³/mol. The maximum absolute atomic E-state index is 3.00. The molecule has 0 unspecified atom stereocenters. The molecule has 6 heteroatoms. The molecule has 1 radical (unpaired) electrons. The first kappa shape index (κ1) is 121. The van der Waals surface area contributed by atoms with Crippen LogP contribution in [0.25, 0.3) is 0 Å². The van der Waals surface area contributed by atoms with Gasteiger partial charge in [-0.1, -0.05) is 29.7 Å². The van der Waals surface area contributed by atoms with Crippen molar-refractivity contribution in [2.24, 2.45) is 0 Å². The van der Waals surface area contributed by atoms with E-state index >= 15 is 0 Å². The molecule has 14 heavy (non-hydrogen) atoms. The maximum atomic E-state index is 3.00. The Bertz CT molecular complexity index is 35.2. The standard InChI is InChI=1S/2C2H4.4CH4.K.H3N.3U.Y.H2.H/c2*1-2;;;;;;;;;;;;/h2*1-2H2;4*1H4;;1H3;;;;;1H;/q;;;;;;+1;;;;;;;-1. The SMILES string of the molecule is C.C.C.C.C=C.C=C.N.[H-].[HH].[K+].[U].[U].[U].[Y]. The second-order valence-electron chi connectivity index (χ2n) is 0. The first-order chi connectivity index (χ1) is 2.00. The minimum absolute atomic E-state index is 0. The fourth-order valence-corrected chi connectivity index (χ4v) is 0. The number of hydrogen-bond acceptors (Lipinski definition) is 1. The van der Waals surface area contributed by atoms with Crippen LogP contribution in [0.5, 0.6) is 0 Å². The molecule has 0 aliphatic carbocycles. The van der Waals surface area contributed by atoms with Crippen LogP contribution in [0.2, 0.25) is 0 Å². The fourth-order valence-electron chi connectivity index (χ4n) is 0. The van der Waals surface area contributed by atoms with Crippen molar-refractivity contribution in [2.45, 2.75) is 29.7 Å². The van der Waals surface area contributed by atoms with Crippen LogP contribution in [0, 0.1) is 93.3 Å². The molecule has 0 bridgehead atoms. The van der Waals surface area contributed by atoms with E-state index in [1.165, 1.54) is 0 Å². The van der Waals surface area contributed by atoms with Gasteiger partial charge in [-0.05, 0) is 0 Å². The Labute approximate surface area is 236 Å². The van der Waals surface area contributed by atoms with Gasteiger partial charge in [0.05, 0.1) is 0 Å². The molecule has 3 N–H and O–H groups in total. The zero-order valence-corrected chi connectivity index (χ0v) is 25.1. The van der Waals surface area contributed by atoms with Gasteiger partial charge in [0.1, 0.15) is 0 Å². The van der Waals surface area contributed by atoms with Crippen LogP contribution in [0.4, 0.5) is 0 Å². The zero-order valence-electron chi connectivity index (χ0n) is 7.61. The monoisotopic (exact) mass is 982 g/mol. The van der Waals surface area contributed by atoms with Crippen molar-refractivity contribution >= 4 is 0 Å². The molecule has 0 heterocycles. The summed E-state index contributed by atoms with van der Waals surface area (Å²) >= 11 is 0. The van der Waals surface area contributed by atoms with Crippen LogP contribution in [0.3, 0.4) is 0 Å². The van der Waals surface area contributed by atoms with Gasteiger partial charge in [-0.15, -0.1) is 26.3 Å². The summed E-state index contributed by atoms with van der Waals surface area (Å²) in [4.78, 5) is 0. The molecule has 0 aromatic carbocycles. The molecule has 0 aromatic heterocycles. The molecule has 0 fully saturated rings. The average Bonchev–Trinajstić information content (AvgIpc) is 1.50. The maximum Gasteiger partial charge on any atom is 1.00 e. The molecular weight excluding hydrogens is 952 g/mol. The van der Waals surface area contributed by atoms with Crippen molar-refractivity contribution in [1.29, 1.82) is 0 Å². The van der Waals surface area contributed by atoms with Crippen LogP contribution in [-0.4, -0.2) is 0 Å². The van der Waals surface area contributed by atoms with Crippen molar-refractivity contribution in [1.82, 2.24) is 6.15 Å². The van der Waals surface area contributed by atoms with Gasteiger partial charge in [0, 0.05) is 127 Å². The van der Waals surface area contributed by atoms with Crippen molar-refractivity contribution < 1.29 is 180 Å². The second kappa shape index (κ2) is 194. The van der Waals surface area contributed by atoms with E-state index in [2.05, 4.69) is 26.3 Å². The van der Waals surface area contributed by atoms with Gasteiger partial charge < -0.3 is 7.58 Å². The van der Waals surface area contributed by atoms with E-state index in [0.717, 1.165) is 0 Å². The van der Waals surface area contributed by atoms with E-state index in [0.29, 0.717) is 0 Å². The van der Waals surface area contributed by atoms with Crippen molar-refractivity contribution in [3.05, 3.63) is 26.3 Å². The molecule has 0 atom stereocenters. The Morgan fingerprint density at radius 2 is 0.643 bits per heavy atom. The van der Waals surface area contributed by atoms with Gasteiger partial charge in [0.25, 0.3) is 0 Å². The third kappa shape index (κ3) is 162. The van der Waals surface area contributed by atoms with Crippen LogP contribution in [0.1, 0.15) is 32.6 Å². The summed E-state index contributed by atoms with van der Waals surface area (Å²) in [6.45, 7) is 12.0. The van der Waals surface area contributed by atoms with E-state index in [1.54, 1.807) is 0 Å². The molecule has 0 aliphatic heterocycles. The molecule has 0 spiro atoms. The van der Waals surface area contributed by atoms with Gasteiger partial charge >= 0.3 is 51.4 Å². The second-order valence-corrected chi connectivity index (χ2v) is 0. The Kier molecular flexibility index (Phi) is 1670. The largest absolute Gasteiger partial charge is 1.00 e. The normalized spacial score (nSPS) is 0.571. The Balaban J connectivity index is -0.000000000238. The molecule has 0 saturated carbocycles. The molecule has 1 nitrogen and oxygen atoms in total. The smallest absolute Gasteiger partial charge is 1.00 e. The molecule has 0 aliphatic rings. The molecule has 0 rings (SSSR count). The average molecular weight is 982 g/mol. The van der Waals surface area contributed by atoms with E-state index < -0.39 is 0 Å². The van der Waals surface area contributed by atoms with Crippen molar-refractivity contribution in [3.63, 3.8) is 0 Å². The van der Waals surface area contributed by atoms with Gasteiger partial charge in [0.2, 0.25) is 0 Å². The molecular formula is C8H30KNU3Y. The van der Waals surface area contributed by atoms with Gasteiger partial charge in [0.15, 0.2) is 0 Å². The first-order valence-electron chi connectivity index (χ1n) is 1.000. The summed E-state index contributed by atoms with van der Waals surface area (Å²) in [5.74, 6) is 0. The van der Waals surface area contributed by atoms with Crippen LogP contribution >= 0.6 is 0 Å². The summed E-state index contributed by atoms with van der Waals surface area (Å²) in [5, 5.41) is 0. The first-order valence-corrected chi connectivity index (χ1v) is 1.000. The predicted octanol–water partition coefficient (Wildman–Crippen LogP) is 1.67. The summed E-state index contributed by atoms with van der Waals surface area (Å²) in [7, 11) is 0. The third-order valence-corrected chi connectivity index (χ3v) is 0. The Hall–Kier alpha value is 5.34. The number of rotatable bonds is 0. The van der Waals surface area contributed by atoms with Gasteiger partial charge in [-0.2, -0.15) is 0 Å². The van der Waals surface area contributed by atoms with Crippen LogP contribution in [0.15, 0.2) is 26.3 Å². The Morgan fingerprint density at radius 1 is 0.643 bits per heavy atom. The van der Waals surface area contributed by atoms with Gasteiger partial charge in [-0.3, -0.25) is 0 Å². The molecule has 83 valence electrons. The quantitative estimate of drug-likeness (QED) is 0.292. The van der Waals surface area contributed by atoms with E-state index in [9.17, 15) is 0 Å². The van der Waals surface area contributed by atoms with Crippen LogP contribution < -0.4 is 57.5 Å². The summed E-state index contributed by atoms with van der Waals surface area (Å²) in [6.07, 6.45) is 0. The fraction of sp³-hybridized carbons (Fsp3) is 0.500. The van der Waals surface area contributed by atoms with E-state index in [1.807, 2.05) is 0 Å². The van der Waals surface area contributed by atoms with Crippen LogP contribution in [-0.2, 0) is 32.7 Å². The minimum atomic E-state index is 0. The topological polar surface area (TPSA) is 35.0 Å². The third-order valence-electron chi connectivity index (χ3n) is 0. The molecule has 0 amide bonds. The van der Waals surface area contributed by atoms with E-state index in [-0.39, 0.29) is 216 Å². The van der Waals surface area contributed by atoms with Crippen molar-refractivity contribution in [3.8, 4) is 0 Å². The molecule has 0 saturated heterocycles. The Morgan fingerprint density at radius 3 is 0.643 bits per heavy atom. The summed E-state index contributed by atoms with van der Waals surface area (Å²) in [6, 6.07) is 0. The van der Waals surface area contributed by atoms with Gasteiger partial charge in [-0.25, -0.2) is 0 Å².